The molecule has 0 saturated heterocycles. The van der Waals surface area contributed by atoms with Gasteiger partial charge < -0.3 is 15.6 Å². The van der Waals surface area contributed by atoms with E-state index in [1.54, 1.807) is 7.11 Å². The van der Waals surface area contributed by atoms with Crippen molar-refractivity contribution in [2.24, 2.45) is 5.73 Å². The van der Waals surface area contributed by atoms with E-state index in [4.69, 9.17) is 10.5 Å². The Bertz CT molecular complexity index is 367. The highest BCUT2D eigenvalue weighted by Gasteiger charge is 2.11. The van der Waals surface area contributed by atoms with E-state index < -0.39 is 16.9 Å². The van der Waals surface area contributed by atoms with Crippen molar-refractivity contribution < 1.29 is 14.1 Å². The summed E-state index contributed by atoms with van der Waals surface area (Å²) < 4.78 is 16.6. The zero-order valence-electron chi connectivity index (χ0n) is 10.7. The Morgan fingerprint density at radius 2 is 2.06 bits per heavy atom. The Morgan fingerprint density at radius 3 is 2.61 bits per heavy atom. The number of methoxy groups -OCH3 is 1. The van der Waals surface area contributed by atoms with E-state index in [1.807, 2.05) is 24.3 Å². The van der Waals surface area contributed by atoms with E-state index in [0.717, 1.165) is 17.5 Å². The zero-order chi connectivity index (χ0) is 13.4. The molecule has 0 heterocycles. The third-order valence-corrected chi connectivity index (χ3v) is 4.10. The summed E-state index contributed by atoms with van der Waals surface area (Å²) in [5.74, 6) is 0.831. The summed E-state index contributed by atoms with van der Waals surface area (Å²) in [5, 5.41) is 9.96. The average molecular weight is 271 g/mol. The second-order valence-corrected chi connectivity index (χ2v) is 5.74. The number of aliphatic hydroxyl groups is 1. The number of aliphatic hydroxyl groups excluding tert-OH is 1. The van der Waals surface area contributed by atoms with Gasteiger partial charge in [0.25, 0.3) is 0 Å². The zero-order valence-corrected chi connectivity index (χ0v) is 11.5. The molecule has 0 bridgehead atoms. The SMILES string of the molecule is COCCCS(=O)CC(O)c1ccc(CN)cc1. The molecule has 0 aliphatic heterocycles. The van der Waals surface area contributed by atoms with Gasteiger partial charge in [-0.15, -0.1) is 0 Å². The molecule has 0 spiro atoms. The maximum Gasteiger partial charge on any atom is 0.0905 e. The van der Waals surface area contributed by atoms with Crippen LogP contribution in [0.4, 0.5) is 0 Å². The van der Waals surface area contributed by atoms with Gasteiger partial charge in [0, 0.05) is 36.8 Å². The van der Waals surface area contributed by atoms with Crippen LogP contribution in [0.15, 0.2) is 24.3 Å². The largest absolute Gasteiger partial charge is 0.387 e. The van der Waals surface area contributed by atoms with Crippen molar-refractivity contribution >= 4 is 10.8 Å². The Labute approximate surface area is 111 Å². The van der Waals surface area contributed by atoms with Crippen molar-refractivity contribution in [1.82, 2.24) is 0 Å². The molecule has 5 heteroatoms. The molecule has 1 aromatic rings. The quantitative estimate of drug-likeness (QED) is 0.691. The van der Waals surface area contributed by atoms with E-state index in [0.29, 0.717) is 18.9 Å². The Balaban J connectivity index is 2.43. The van der Waals surface area contributed by atoms with Gasteiger partial charge >= 0.3 is 0 Å². The first kappa shape index (κ1) is 15.3. The van der Waals surface area contributed by atoms with Crippen molar-refractivity contribution in [2.75, 3.05) is 25.2 Å². The van der Waals surface area contributed by atoms with Gasteiger partial charge in [0.15, 0.2) is 0 Å². The van der Waals surface area contributed by atoms with Crippen LogP contribution in [0.1, 0.15) is 23.7 Å². The number of ether oxygens (including phenoxy) is 1. The third kappa shape index (κ3) is 5.27. The Morgan fingerprint density at radius 1 is 1.39 bits per heavy atom. The lowest BCUT2D eigenvalue weighted by Gasteiger charge is -2.11. The maximum absolute atomic E-state index is 11.7. The van der Waals surface area contributed by atoms with Crippen LogP contribution in [0.25, 0.3) is 0 Å². The summed E-state index contributed by atoms with van der Waals surface area (Å²) in [6.07, 6.45) is 0.0716. The number of hydrogen-bond acceptors (Lipinski definition) is 4. The molecular formula is C13H21NO3S. The summed E-state index contributed by atoms with van der Waals surface area (Å²) in [7, 11) is 0.608. The second-order valence-electron chi connectivity index (χ2n) is 4.12. The normalized spacial score (nSPS) is 14.4. The number of nitrogens with two attached hydrogens (primary N) is 1. The molecule has 0 fully saturated rings. The highest BCUT2D eigenvalue weighted by Crippen LogP contribution is 2.15. The standard InChI is InChI=1S/C13H21NO3S/c1-17-7-2-8-18(16)10-13(15)12-5-3-11(9-14)4-6-12/h3-6,13,15H,2,7-10,14H2,1H3. The molecule has 0 saturated carbocycles. The van der Waals surface area contributed by atoms with E-state index in [-0.39, 0.29) is 5.75 Å². The summed E-state index contributed by atoms with van der Waals surface area (Å²) in [5.41, 5.74) is 7.31. The third-order valence-electron chi connectivity index (χ3n) is 2.66. The second kappa shape index (κ2) is 8.37. The van der Waals surface area contributed by atoms with Crippen LogP contribution in [-0.4, -0.2) is 34.5 Å². The van der Waals surface area contributed by atoms with E-state index in [1.165, 1.54) is 0 Å². The summed E-state index contributed by atoms with van der Waals surface area (Å²) >= 11 is 0. The number of benzene rings is 1. The fourth-order valence-corrected chi connectivity index (χ4v) is 2.75. The van der Waals surface area contributed by atoms with Crippen molar-refractivity contribution in [2.45, 2.75) is 19.1 Å². The fourth-order valence-electron chi connectivity index (χ4n) is 1.60. The van der Waals surface area contributed by atoms with Crippen LogP contribution in [0.2, 0.25) is 0 Å². The van der Waals surface area contributed by atoms with Gasteiger partial charge in [-0.3, -0.25) is 4.21 Å². The molecule has 3 N–H and O–H groups in total. The van der Waals surface area contributed by atoms with Crippen molar-refractivity contribution in [3.63, 3.8) is 0 Å². The lowest BCUT2D eigenvalue weighted by molar-refractivity contribution is 0.198. The van der Waals surface area contributed by atoms with Crippen LogP contribution < -0.4 is 5.73 Å². The Hall–Kier alpha value is -0.750. The summed E-state index contributed by atoms with van der Waals surface area (Å²) in [6.45, 7) is 1.09. The van der Waals surface area contributed by atoms with Gasteiger partial charge in [-0.05, 0) is 17.5 Å². The van der Waals surface area contributed by atoms with Crippen molar-refractivity contribution in [3.05, 3.63) is 35.4 Å². The van der Waals surface area contributed by atoms with Crippen LogP contribution in [0, 0.1) is 0 Å². The lowest BCUT2D eigenvalue weighted by atomic mass is 10.1. The molecule has 4 nitrogen and oxygen atoms in total. The maximum atomic E-state index is 11.7. The topological polar surface area (TPSA) is 72.5 Å². The van der Waals surface area contributed by atoms with Gasteiger partial charge in [0.2, 0.25) is 0 Å². The predicted molar refractivity (Wildman–Crippen MR) is 73.7 cm³/mol. The van der Waals surface area contributed by atoms with E-state index in [9.17, 15) is 9.32 Å². The highest BCUT2D eigenvalue weighted by atomic mass is 32.2. The van der Waals surface area contributed by atoms with Crippen LogP contribution in [0.5, 0.6) is 0 Å². The van der Waals surface area contributed by atoms with Gasteiger partial charge in [-0.25, -0.2) is 0 Å². The number of rotatable bonds is 8. The molecule has 0 aliphatic carbocycles. The van der Waals surface area contributed by atoms with Gasteiger partial charge in [-0.2, -0.15) is 0 Å². The first-order chi connectivity index (χ1) is 8.67. The lowest BCUT2D eigenvalue weighted by Crippen LogP contribution is -2.12. The van der Waals surface area contributed by atoms with Crippen molar-refractivity contribution in [3.8, 4) is 0 Å². The van der Waals surface area contributed by atoms with Gasteiger partial charge in [0.05, 0.1) is 11.9 Å². The smallest absolute Gasteiger partial charge is 0.0905 e. The molecule has 102 valence electrons. The van der Waals surface area contributed by atoms with Crippen LogP contribution in [-0.2, 0) is 22.1 Å². The molecule has 1 aromatic carbocycles. The van der Waals surface area contributed by atoms with Gasteiger partial charge in [0.1, 0.15) is 0 Å². The number of hydrogen-bond donors (Lipinski definition) is 2. The Kier molecular flexibility index (Phi) is 7.12. The first-order valence-corrected chi connectivity index (χ1v) is 7.47. The molecule has 0 aromatic heterocycles. The molecular weight excluding hydrogens is 250 g/mol. The molecule has 18 heavy (non-hydrogen) atoms. The molecule has 0 amide bonds. The highest BCUT2D eigenvalue weighted by molar-refractivity contribution is 7.85. The molecule has 2 atom stereocenters. The molecule has 0 aliphatic rings. The summed E-state index contributed by atoms with van der Waals surface area (Å²) in [6, 6.07) is 7.43. The average Bonchev–Trinajstić information content (AvgIpc) is 2.39. The van der Waals surface area contributed by atoms with E-state index >= 15 is 0 Å². The van der Waals surface area contributed by atoms with Gasteiger partial charge in [-0.1, -0.05) is 24.3 Å². The molecule has 2 unspecified atom stereocenters. The minimum atomic E-state index is -1.01. The van der Waals surface area contributed by atoms with E-state index in [2.05, 4.69) is 0 Å². The minimum absolute atomic E-state index is 0.270. The summed E-state index contributed by atoms with van der Waals surface area (Å²) in [4.78, 5) is 0. The molecule has 1 rings (SSSR count). The first-order valence-electron chi connectivity index (χ1n) is 5.98. The monoisotopic (exact) mass is 271 g/mol. The fraction of sp³-hybridized carbons (Fsp3) is 0.538. The predicted octanol–water partition coefficient (Wildman–Crippen LogP) is 0.964. The van der Waals surface area contributed by atoms with Crippen LogP contribution >= 0.6 is 0 Å². The van der Waals surface area contributed by atoms with Crippen LogP contribution in [0.3, 0.4) is 0 Å². The minimum Gasteiger partial charge on any atom is -0.387 e. The van der Waals surface area contributed by atoms with Crippen molar-refractivity contribution in [1.29, 1.82) is 0 Å². The molecule has 0 radical (unpaired) electrons.